The predicted octanol–water partition coefficient (Wildman–Crippen LogP) is 1.43. The van der Waals surface area contributed by atoms with Crippen LogP contribution in [-0.4, -0.2) is 86.3 Å². The van der Waals surface area contributed by atoms with Gasteiger partial charge in [-0.1, -0.05) is 0 Å². The van der Waals surface area contributed by atoms with E-state index in [9.17, 15) is 5.11 Å². The van der Waals surface area contributed by atoms with Crippen LogP contribution >= 0.6 is 0 Å². The Hall–Kier alpha value is -3.37. The number of nitrogens with two attached hydrogens (primary N) is 1. The van der Waals surface area contributed by atoms with Gasteiger partial charge in [-0.15, -0.1) is 0 Å². The van der Waals surface area contributed by atoms with Crippen LogP contribution in [0.4, 0.5) is 5.95 Å². The molecular formula is C24H33N9O. The minimum absolute atomic E-state index is 0.0170. The minimum Gasteiger partial charge on any atom is -0.403 e. The van der Waals surface area contributed by atoms with Gasteiger partial charge in [0.1, 0.15) is 0 Å². The number of nitrogens with one attached hydrogen (secondary N) is 1. The van der Waals surface area contributed by atoms with Gasteiger partial charge in [0.25, 0.3) is 0 Å². The highest BCUT2D eigenvalue weighted by molar-refractivity contribution is 6.05. The van der Waals surface area contributed by atoms with Crippen molar-refractivity contribution in [2.24, 2.45) is 15.8 Å². The first-order chi connectivity index (χ1) is 16.3. The molecule has 4 heterocycles. The van der Waals surface area contributed by atoms with Crippen molar-refractivity contribution in [2.75, 3.05) is 38.0 Å². The minimum atomic E-state index is -0.698. The second kappa shape index (κ2) is 10.3. The topological polar surface area (TPSA) is 128 Å². The highest BCUT2D eigenvalue weighted by atomic mass is 16.3. The van der Waals surface area contributed by atoms with Gasteiger partial charge >= 0.3 is 0 Å². The van der Waals surface area contributed by atoms with E-state index in [1.807, 2.05) is 43.3 Å². The van der Waals surface area contributed by atoms with Crippen LogP contribution in [0.15, 0.2) is 58.8 Å². The standard InChI is InChI=1S/C24H33N9O/c1-4-33-15-20(22(31-33)17-6-5-8-26-11-17)21-7-9-27-23(30-21)29-18(10-25)12-28-19-13-32(14-19)16-24(2,3)34/h5-12,19-20,34H,4,13-16,25H2,1-3H3,(H,27,29,30). The van der Waals surface area contributed by atoms with Crippen molar-refractivity contribution in [1.82, 2.24) is 24.9 Å². The summed E-state index contributed by atoms with van der Waals surface area (Å²) in [6, 6.07) is 6.04. The molecule has 0 spiro atoms. The fraction of sp³-hybridized carbons (Fsp3) is 0.458. The Morgan fingerprint density at radius 2 is 2.12 bits per heavy atom. The SMILES string of the molecule is CCN1CC(c2ccnc(NC(C=NC3CN(CC(C)(C)O)C3)=CN)n2)C(c2cccnc2)=N1. The van der Waals surface area contributed by atoms with Gasteiger partial charge in [-0.05, 0) is 39.0 Å². The number of nitrogens with zero attached hydrogens (tertiary/aromatic N) is 7. The molecule has 1 unspecified atom stereocenters. The Balaban J connectivity index is 1.42. The molecule has 0 radical (unpaired) electrons. The third-order valence-corrected chi connectivity index (χ3v) is 5.74. The normalized spacial score (nSPS) is 20.0. The number of anilines is 1. The van der Waals surface area contributed by atoms with Crippen LogP contribution in [0.5, 0.6) is 0 Å². The van der Waals surface area contributed by atoms with E-state index in [0.29, 0.717) is 18.2 Å². The first-order valence-electron chi connectivity index (χ1n) is 11.6. The molecule has 4 rings (SSSR count). The molecule has 10 heteroatoms. The second-order valence-corrected chi connectivity index (χ2v) is 9.28. The largest absolute Gasteiger partial charge is 0.403 e. The van der Waals surface area contributed by atoms with E-state index in [4.69, 9.17) is 15.8 Å². The van der Waals surface area contributed by atoms with Crippen LogP contribution < -0.4 is 11.1 Å². The van der Waals surface area contributed by atoms with E-state index >= 15 is 0 Å². The van der Waals surface area contributed by atoms with Crippen LogP contribution in [0.25, 0.3) is 0 Å². The molecule has 2 aromatic heterocycles. The van der Waals surface area contributed by atoms with E-state index in [1.54, 1.807) is 18.6 Å². The van der Waals surface area contributed by atoms with Crippen molar-refractivity contribution in [2.45, 2.75) is 38.3 Å². The number of rotatable bonds is 9. The Kier molecular flexibility index (Phi) is 7.18. The summed E-state index contributed by atoms with van der Waals surface area (Å²) < 4.78 is 0. The molecule has 0 aromatic carbocycles. The van der Waals surface area contributed by atoms with E-state index in [0.717, 1.165) is 43.1 Å². The smallest absolute Gasteiger partial charge is 0.227 e. The van der Waals surface area contributed by atoms with E-state index in [2.05, 4.69) is 32.1 Å². The molecular weight excluding hydrogens is 430 g/mol. The van der Waals surface area contributed by atoms with Crippen molar-refractivity contribution < 1.29 is 5.11 Å². The van der Waals surface area contributed by atoms with Crippen molar-refractivity contribution in [1.29, 1.82) is 0 Å². The number of likely N-dealkylation sites (tertiary alicyclic amines) is 1. The fourth-order valence-corrected chi connectivity index (χ4v) is 4.14. The maximum Gasteiger partial charge on any atom is 0.227 e. The van der Waals surface area contributed by atoms with E-state index in [-0.39, 0.29) is 12.0 Å². The van der Waals surface area contributed by atoms with Crippen molar-refractivity contribution in [3.8, 4) is 0 Å². The summed E-state index contributed by atoms with van der Waals surface area (Å²) in [5.41, 5.74) is 8.58. The fourth-order valence-electron chi connectivity index (χ4n) is 4.14. The lowest BCUT2D eigenvalue weighted by Gasteiger charge is -2.40. The third kappa shape index (κ3) is 5.95. The molecule has 180 valence electrons. The number of β-amino-alcohol motifs (C(OH)–C–C–N with tert-alkyl or cyclic N) is 1. The van der Waals surface area contributed by atoms with Crippen molar-refractivity contribution in [3.05, 3.63) is 59.9 Å². The number of aromatic nitrogens is 3. The molecule has 0 bridgehead atoms. The Morgan fingerprint density at radius 3 is 2.79 bits per heavy atom. The first kappa shape index (κ1) is 23.8. The number of hydrazone groups is 1. The van der Waals surface area contributed by atoms with Crippen LogP contribution in [0.2, 0.25) is 0 Å². The summed E-state index contributed by atoms with van der Waals surface area (Å²) in [5, 5.41) is 19.9. The van der Waals surface area contributed by atoms with Gasteiger partial charge in [0.2, 0.25) is 5.95 Å². The second-order valence-electron chi connectivity index (χ2n) is 9.28. The molecule has 34 heavy (non-hydrogen) atoms. The number of pyridine rings is 1. The zero-order valence-electron chi connectivity index (χ0n) is 20.0. The maximum absolute atomic E-state index is 9.93. The van der Waals surface area contributed by atoms with E-state index in [1.165, 1.54) is 6.20 Å². The van der Waals surface area contributed by atoms with Crippen molar-refractivity contribution >= 4 is 17.9 Å². The number of aliphatic hydroxyl groups is 1. The number of hydrogen-bond acceptors (Lipinski definition) is 10. The highest BCUT2D eigenvalue weighted by Gasteiger charge is 2.31. The summed E-state index contributed by atoms with van der Waals surface area (Å²) >= 11 is 0. The maximum atomic E-state index is 9.93. The monoisotopic (exact) mass is 463 g/mol. The summed E-state index contributed by atoms with van der Waals surface area (Å²) in [6.07, 6.45) is 8.52. The van der Waals surface area contributed by atoms with Crippen LogP contribution in [0, 0.1) is 0 Å². The first-order valence-corrected chi connectivity index (χ1v) is 11.6. The highest BCUT2D eigenvalue weighted by Crippen LogP contribution is 2.27. The quantitative estimate of drug-likeness (QED) is 0.477. The molecule has 1 atom stereocenters. The van der Waals surface area contributed by atoms with Crippen LogP contribution in [-0.2, 0) is 0 Å². The van der Waals surface area contributed by atoms with Gasteiger partial charge < -0.3 is 16.2 Å². The van der Waals surface area contributed by atoms with Gasteiger partial charge in [0, 0.05) is 62.7 Å². The predicted molar refractivity (Wildman–Crippen MR) is 134 cm³/mol. The summed E-state index contributed by atoms with van der Waals surface area (Å²) in [6.45, 7) is 9.55. The Bertz CT molecular complexity index is 1060. The lowest BCUT2D eigenvalue weighted by molar-refractivity contribution is 0.00904. The molecule has 1 saturated heterocycles. The molecule has 0 saturated carbocycles. The zero-order valence-corrected chi connectivity index (χ0v) is 20.0. The molecule has 2 aliphatic rings. The van der Waals surface area contributed by atoms with Gasteiger partial charge in [0.05, 0.1) is 41.2 Å². The molecule has 1 fully saturated rings. The molecule has 10 nitrogen and oxygen atoms in total. The number of aliphatic imine (C=N–C) groups is 1. The number of allylic oxidation sites excluding steroid dienone is 1. The van der Waals surface area contributed by atoms with Gasteiger partial charge in [0.15, 0.2) is 0 Å². The zero-order chi connectivity index (χ0) is 24.1. The van der Waals surface area contributed by atoms with Crippen LogP contribution in [0.1, 0.15) is 37.9 Å². The summed E-state index contributed by atoms with van der Waals surface area (Å²) in [5.74, 6) is 0.474. The van der Waals surface area contributed by atoms with E-state index < -0.39 is 5.60 Å². The average molecular weight is 464 g/mol. The Morgan fingerprint density at radius 1 is 1.29 bits per heavy atom. The number of hydrogen-bond donors (Lipinski definition) is 3. The molecule has 4 N–H and O–H groups in total. The van der Waals surface area contributed by atoms with Gasteiger partial charge in [-0.3, -0.25) is 19.9 Å². The van der Waals surface area contributed by atoms with Gasteiger partial charge in [-0.2, -0.15) is 5.10 Å². The lowest BCUT2D eigenvalue weighted by Crippen LogP contribution is -2.54. The average Bonchev–Trinajstić information content (AvgIpc) is 3.24. The molecule has 0 amide bonds. The molecule has 2 aromatic rings. The molecule has 2 aliphatic heterocycles. The van der Waals surface area contributed by atoms with Crippen LogP contribution in [0.3, 0.4) is 0 Å². The summed E-state index contributed by atoms with van der Waals surface area (Å²) in [4.78, 5) is 20.2. The Labute approximate surface area is 200 Å². The van der Waals surface area contributed by atoms with Crippen molar-refractivity contribution in [3.63, 3.8) is 0 Å². The van der Waals surface area contributed by atoms with Gasteiger partial charge in [-0.25, -0.2) is 9.97 Å². The molecule has 0 aliphatic carbocycles. The summed E-state index contributed by atoms with van der Waals surface area (Å²) in [7, 11) is 0. The number of likely N-dealkylation sites (N-methyl/N-ethyl adjacent to an activating group) is 1. The third-order valence-electron chi connectivity index (χ3n) is 5.74. The lowest BCUT2D eigenvalue weighted by atomic mass is 9.95.